The first-order valence-corrected chi connectivity index (χ1v) is 6.82. The molecule has 3 rings (SSSR count). The summed E-state index contributed by atoms with van der Waals surface area (Å²) in [6.45, 7) is 2.35. The molecule has 108 valence electrons. The third-order valence-corrected chi connectivity index (χ3v) is 3.76. The van der Waals surface area contributed by atoms with Crippen molar-refractivity contribution in [1.82, 2.24) is 15.1 Å². The number of hydrogen-bond acceptors (Lipinski definition) is 4. The maximum atomic E-state index is 12.2. The molecule has 2 amide bonds. The Morgan fingerprint density at radius 2 is 2.00 bits per heavy atom. The van der Waals surface area contributed by atoms with Crippen molar-refractivity contribution in [3.63, 3.8) is 0 Å². The third kappa shape index (κ3) is 2.29. The Bertz CT molecular complexity index is 720. The lowest BCUT2D eigenvalue weighted by atomic mass is 10.1. The summed E-state index contributed by atoms with van der Waals surface area (Å²) in [5.41, 5.74) is 9.13. The van der Waals surface area contributed by atoms with Gasteiger partial charge in [-0.2, -0.15) is 5.10 Å². The minimum Gasteiger partial charge on any atom is -0.399 e. The van der Waals surface area contributed by atoms with Gasteiger partial charge >= 0.3 is 0 Å². The van der Waals surface area contributed by atoms with E-state index in [4.69, 9.17) is 5.73 Å². The molecule has 2 heterocycles. The van der Waals surface area contributed by atoms with Crippen LogP contribution in [0.25, 0.3) is 0 Å². The Morgan fingerprint density at radius 3 is 2.71 bits per heavy atom. The molecule has 0 atom stereocenters. The molecule has 0 unspecified atom stereocenters. The minimum absolute atomic E-state index is 0.237. The number of benzene rings is 1. The van der Waals surface area contributed by atoms with Crippen LogP contribution in [0.3, 0.4) is 0 Å². The summed E-state index contributed by atoms with van der Waals surface area (Å²) in [5, 5.41) is 6.83. The van der Waals surface area contributed by atoms with Crippen LogP contribution in [-0.4, -0.2) is 33.5 Å². The van der Waals surface area contributed by atoms with Crippen molar-refractivity contribution in [2.75, 3.05) is 12.3 Å². The van der Waals surface area contributed by atoms with Gasteiger partial charge in [-0.15, -0.1) is 0 Å². The molecule has 0 aliphatic carbocycles. The van der Waals surface area contributed by atoms with Gasteiger partial charge < -0.3 is 5.73 Å². The molecular formula is C15H16N4O2. The summed E-state index contributed by atoms with van der Waals surface area (Å²) in [7, 11) is 0. The van der Waals surface area contributed by atoms with Crippen LogP contribution < -0.4 is 5.73 Å². The Morgan fingerprint density at radius 1 is 1.24 bits per heavy atom. The highest BCUT2D eigenvalue weighted by Gasteiger charge is 2.34. The maximum absolute atomic E-state index is 12.2. The topological polar surface area (TPSA) is 92.1 Å². The number of aromatic amines is 1. The predicted molar refractivity (Wildman–Crippen MR) is 77.9 cm³/mol. The fraction of sp³-hybridized carbons (Fsp3) is 0.267. The summed E-state index contributed by atoms with van der Waals surface area (Å²) in [4.78, 5) is 25.8. The lowest BCUT2D eigenvalue weighted by Crippen LogP contribution is -2.30. The first-order valence-electron chi connectivity index (χ1n) is 6.82. The van der Waals surface area contributed by atoms with Crippen molar-refractivity contribution < 1.29 is 9.59 Å². The molecule has 21 heavy (non-hydrogen) atoms. The zero-order chi connectivity index (χ0) is 15.0. The monoisotopic (exact) mass is 284 g/mol. The largest absolute Gasteiger partial charge is 0.399 e. The second-order valence-corrected chi connectivity index (χ2v) is 5.19. The lowest BCUT2D eigenvalue weighted by molar-refractivity contribution is 0.0652. The lowest BCUT2D eigenvalue weighted by Gasteiger charge is -2.13. The van der Waals surface area contributed by atoms with Crippen LogP contribution in [0, 0.1) is 6.92 Å². The number of fused-ring (bicyclic) bond motifs is 1. The number of aromatic nitrogens is 2. The fourth-order valence-electron chi connectivity index (χ4n) is 2.57. The van der Waals surface area contributed by atoms with E-state index in [9.17, 15) is 9.59 Å². The van der Waals surface area contributed by atoms with Crippen LogP contribution in [0.2, 0.25) is 0 Å². The van der Waals surface area contributed by atoms with E-state index in [-0.39, 0.29) is 11.8 Å². The second kappa shape index (κ2) is 5.05. The van der Waals surface area contributed by atoms with E-state index >= 15 is 0 Å². The zero-order valence-electron chi connectivity index (χ0n) is 11.7. The van der Waals surface area contributed by atoms with Crippen LogP contribution in [0.1, 0.15) is 38.4 Å². The Balaban J connectivity index is 1.69. The van der Waals surface area contributed by atoms with Gasteiger partial charge in [-0.3, -0.25) is 19.6 Å². The number of aryl methyl sites for hydroxylation is 2. The highest BCUT2D eigenvalue weighted by atomic mass is 16.2. The van der Waals surface area contributed by atoms with Crippen molar-refractivity contribution in [3.05, 3.63) is 46.8 Å². The summed E-state index contributed by atoms with van der Waals surface area (Å²) in [5.74, 6) is -0.495. The van der Waals surface area contributed by atoms with E-state index in [0.717, 1.165) is 17.7 Å². The number of rotatable bonds is 4. The number of hydrogen-bond donors (Lipinski definition) is 2. The summed E-state index contributed by atoms with van der Waals surface area (Å²) < 4.78 is 0. The van der Waals surface area contributed by atoms with Gasteiger partial charge in [0, 0.05) is 17.9 Å². The zero-order valence-corrected chi connectivity index (χ0v) is 11.7. The summed E-state index contributed by atoms with van der Waals surface area (Å²) >= 11 is 0. The van der Waals surface area contributed by atoms with E-state index in [1.54, 1.807) is 24.4 Å². The van der Waals surface area contributed by atoms with Crippen molar-refractivity contribution in [1.29, 1.82) is 0 Å². The Kier molecular flexibility index (Phi) is 3.21. The van der Waals surface area contributed by atoms with Gasteiger partial charge in [0.25, 0.3) is 11.8 Å². The normalized spacial score (nSPS) is 13.9. The number of imide groups is 1. The summed E-state index contributed by atoms with van der Waals surface area (Å²) in [6.07, 6.45) is 3.26. The average molecular weight is 284 g/mol. The number of carbonyl (C=O) groups is 2. The van der Waals surface area contributed by atoms with Gasteiger partial charge in [-0.25, -0.2) is 0 Å². The molecule has 6 heteroatoms. The SMILES string of the molecule is Cc1[nH]ncc1CCCN1C(=O)c2ccc(N)cc2C1=O. The Labute approximate surface area is 121 Å². The summed E-state index contributed by atoms with van der Waals surface area (Å²) in [6, 6.07) is 4.82. The van der Waals surface area contributed by atoms with Crippen LogP contribution in [0.4, 0.5) is 5.69 Å². The molecule has 1 aliphatic heterocycles. The van der Waals surface area contributed by atoms with Crippen molar-refractivity contribution in [2.24, 2.45) is 0 Å². The molecule has 0 bridgehead atoms. The van der Waals surface area contributed by atoms with Gasteiger partial charge in [-0.1, -0.05) is 0 Å². The highest BCUT2D eigenvalue weighted by molar-refractivity contribution is 6.21. The third-order valence-electron chi connectivity index (χ3n) is 3.76. The average Bonchev–Trinajstić information content (AvgIpc) is 2.96. The number of H-pyrrole nitrogens is 1. The number of nitrogens with zero attached hydrogens (tertiary/aromatic N) is 2. The molecule has 6 nitrogen and oxygen atoms in total. The molecular weight excluding hydrogens is 268 g/mol. The van der Waals surface area contributed by atoms with E-state index in [0.29, 0.717) is 29.8 Å². The standard InChI is InChI=1S/C15H16N4O2/c1-9-10(8-17-18-9)3-2-6-19-14(20)12-5-4-11(16)7-13(12)15(19)21/h4-5,7-8H,2-3,6,16H2,1H3,(H,17,18). The molecule has 0 fully saturated rings. The molecule has 3 N–H and O–H groups in total. The van der Waals surface area contributed by atoms with Gasteiger partial charge in [0.1, 0.15) is 0 Å². The molecule has 2 aromatic rings. The molecule has 0 spiro atoms. The first-order chi connectivity index (χ1) is 10.1. The van der Waals surface area contributed by atoms with E-state index in [1.165, 1.54) is 4.90 Å². The van der Waals surface area contributed by atoms with E-state index < -0.39 is 0 Å². The van der Waals surface area contributed by atoms with Gasteiger partial charge in [0.15, 0.2) is 0 Å². The van der Waals surface area contributed by atoms with Gasteiger partial charge in [-0.05, 0) is 43.5 Å². The minimum atomic E-state index is -0.258. The Hall–Kier alpha value is -2.63. The maximum Gasteiger partial charge on any atom is 0.261 e. The van der Waals surface area contributed by atoms with Crippen LogP contribution in [-0.2, 0) is 6.42 Å². The van der Waals surface area contributed by atoms with Crippen LogP contribution in [0.5, 0.6) is 0 Å². The quantitative estimate of drug-likeness (QED) is 0.658. The first kappa shape index (κ1) is 13.4. The van der Waals surface area contributed by atoms with Gasteiger partial charge in [0.05, 0.1) is 17.3 Å². The smallest absolute Gasteiger partial charge is 0.261 e. The molecule has 1 aliphatic rings. The number of nitrogens with two attached hydrogens (primary N) is 1. The van der Waals surface area contributed by atoms with Crippen molar-refractivity contribution >= 4 is 17.5 Å². The van der Waals surface area contributed by atoms with Crippen molar-refractivity contribution in [3.8, 4) is 0 Å². The molecule has 1 aromatic heterocycles. The van der Waals surface area contributed by atoms with E-state index in [1.807, 2.05) is 6.92 Å². The molecule has 0 saturated carbocycles. The number of nitrogen functional groups attached to an aromatic ring is 1. The van der Waals surface area contributed by atoms with Crippen LogP contribution in [0.15, 0.2) is 24.4 Å². The van der Waals surface area contributed by atoms with E-state index in [2.05, 4.69) is 10.2 Å². The van der Waals surface area contributed by atoms with Crippen molar-refractivity contribution in [2.45, 2.75) is 19.8 Å². The number of amides is 2. The predicted octanol–water partition coefficient (Wildman–Crippen LogP) is 1.53. The molecule has 0 saturated heterocycles. The number of carbonyl (C=O) groups excluding carboxylic acids is 2. The molecule has 1 aromatic carbocycles. The number of anilines is 1. The van der Waals surface area contributed by atoms with Crippen LogP contribution >= 0.6 is 0 Å². The second-order valence-electron chi connectivity index (χ2n) is 5.19. The van der Waals surface area contributed by atoms with Gasteiger partial charge in [0.2, 0.25) is 0 Å². The molecule has 0 radical (unpaired) electrons. The highest BCUT2D eigenvalue weighted by Crippen LogP contribution is 2.25. The fourth-order valence-corrected chi connectivity index (χ4v) is 2.57. The number of nitrogens with one attached hydrogen (secondary N) is 1.